The first-order chi connectivity index (χ1) is 7.26. The van der Waals surface area contributed by atoms with E-state index in [9.17, 15) is 5.11 Å². The Labute approximate surface area is 89.7 Å². The molecule has 1 aliphatic rings. The summed E-state index contributed by atoms with van der Waals surface area (Å²) in [5, 5.41) is 9.20. The summed E-state index contributed by atoms with van der Waals surface area (Å²) >= 11 is 0. The van der Waals surface area contributed by atoms with Gasteiger partial charge >= 0.3 is 0 Å². The molecule has 1 atom stereocenters. The third-order valence-corrected chi connectivity index (χ3v) is 1.96. The van der Waals surface area contributed by atoms with Crippen molar-refractivity contribution in [1.29, 1.82) is 0 Å². The molecule has 0 saturated carbocycles. The zero-order valence-electron chi connectivity index (χ0n) is 8.80. The van der Waals surface area contributed by atoms with Crippen molar-refractivity contribution in [2.75, 3.05) is 20.3 Å². The first-order valence-electron chi connectivity index (χ1n) is 4.85. The second-order valence-corrected chi connectivity index (χ2v) is 3.26. The summed E-state index contributed by atoms with van der Waals surface area (Å²) in [6, 6.07) is 0. The summed E-state index contributed by atoms with van der Waals surface area (Å²) in [7, 11) is 1.61. The van der Waals surface area contributed by atoms with E-state index in [0.717, 1.165) is 5.57 Å². The molecule has 0 aliphatic heterocycles. The Morgan fingerprint density at radius 2 is 2.20 bits per heavy atom. The minimum absolute atomic E-state index is 0.0970. The van der Waals surface area contributed by atoms with Crippen LogP contribution in [0.2, 0.25) is 0 Å². The van der Waals surface area contributed by atoms with Gasteiger partial charge in [-0.2, -0.15) is 0 Å². The van der Waals surface area contributed by atoms with Crippen molar-refractivity contribution in [3.63, 3.8) is 0 Å². The number of aliphatic hydroxyl groups is 1. The van der Waals surface area contributed by atoms with Gasteiger partial charge in [-0.3, -0.25) is 0 Å². The van der Waals surface area contributed by atoms with Crippen molar-refractivity contribution in [3.8, 4) is 0 Å². The van der Waals surface area contributed by atoms with Crippen LogP contribution in [0.5, 0.6) is 0 Å². The predicted molar refractivity (Wildman–Crippen MR) is 58.2 cm³/mol. The third-order valence-electron chi connectivity index (χ3n) is 1.96. The van der Waals surface area contributed by atoms with Crippen LogP contribution in [0.15, 0.2) is 36.1 Å². The van der Waals surface area contributed by atoms with Crippen LogP contribution >= 0.6 is 0 Å². The van der Waals surface area contributed by atoms with Crippen LogP contribution in [0.25, 0.3) is 0 Å². The zero-order valence-corrected chi connectivity index (χ0v) is 8.80. The maximum atomic E-state index is 9.20. The third kappa shape index (κ3) is 4.29. The molecule has 1 aliphatic carbocycles. The highest BCUT2D eigenvalue weighted by Crippen LogP contribution is 2.11. The molecule has 4 nitrogen and oxygen atoms in total. The van der Waals surface area contributed by atoms with E-state index in [1.165, 1.54) is 0 Å². The molecule has 84 valence electrons. The van der Waals surface area contributed by atoms with Gasteiger partial charge in [0.2, 0.25) is 0 Å². The van der Waals surface area contributed by atoms with Crippen molar-refractivity contribution in [2.24, 2.45) is 5.73 Å². The van der Waals surface area contributed by atoms with Crippen LogP contribution in [-0.2, 0) is 9.47 Å². The van der Waals surface area contributed by atoms with Gasteiger partial charge < -0.3 is 20.3 Å². The molecule has 0 amide bonds. The first kappa shape index (κ1) is 12.0. The molecule has 3 N–H and O–H groups in total. The first-order valence-corrected chi connectivity index (χ1v) is 4.85. The quantitative estimate of drug-likeness (QED) is 0.644. The lowest BCUT2D eigenvalue weighted by molar-refractivity contribution is 0.0300. The van der Waals surface area contributed by atoms with Gasteiger partial charge in [0.05, 0.1) is 32.2 Å². The molecule has 4 heteroatoms. The van der Waals surface area contributed by atoms with E-state index in [4.69, 9.17) is 15.2 Å². The van der Waals surface area contributed by atoms with Crippen LogP contribution in [0, 0.1) is 0 Å². The average molecular weight is 211 g/mol. The average Bonchev–Trinajstić information content (AvgIpc) is 2.28. The standard InChI is InChI=1S/C11H17NO3/c1-14-7-9-2-4-11(5-3-9)15-8-10(13)6-12/h2-5,7,10-11,13H,6,8,12H2,1H3. The van der Waals surface area contributed by atoms with Gasteiger partial charge in [0.1, 0.15) is 0 Å². The molecule has 0 heterocycles. The van der Waals surface area contributed by atoms with Crippen LogP contribution in [-0.4, -0.2) is 37.6 Å². The highest BCUT2D eigenvalue weighted by molar-refractivity contribution is 5.35. The number of aliphatic hydroxyl groups excluding tert-OH is 1. The summed E-state index contributed by atoms with van der Waals surface area (Å²) in [5.74, 6) is 0. The van der Waals surface area contributed by atoms with Gasteiger partial charge in [0.15, 0.2) is 0 Å². The number of nitrogens with two attached hydrogens (primary N) is 1. The largest absolute Gasteiger partial charge is 0.504 e. The maximum Gasteiger partial charge on any atom is 0.0945 e. The van der Waals surface area contributed by atoms with E-state index in [1.54, 1.807) is 13.4 Å². The van der Waals surface area contributed by atoms with E-state index >= 15 is 0 Å². The molecule has 0 aromatic rings. The van der Waals surface area contributed by atoms with E-state index in [0.29, 0.717) is 0 Å². The molecule has 0 fully saturated rings. The summed E-state index contributed by atoms with van der Waals surface area (Å²) in [6.07, 6.45) is 8.56. The lowest BCUT2D eigenvalue weighted by Crippen LogP contribution is -2.27. The SMILES string of the molecule is COC=C1C=CC(OCC(O)CN)C=C1. The van der Waals surface area contributed by atoms with Crippen molar-refractivity contribution >= 4 is 0 Å². The smallest absolute Gasteiger partial charge is 0.0945 e. The predicted octanol–water partition coefficient (Wildman–Crippen LogP) is 0.348. The van der Waals surface area contributed by atoms with Crippen molar-refractivity contribution in [3.05, 3.63) is 36.1 Å². The Hall–Kier alpha value is -1.10. The summed E-state index contributed by atoms with van der Waals surface area (Å²) in [4.78, 5) is 0. The van der Waals surface area contributed by atoms with E-state index < -0.39 is 6.10 Å². The van der Waals surface area contributed by atoms with E-state index in [2.05, 4.69) is 0 Å². The minimum Gasteiger partial charge on any atom is -0.504 e. The molecular formula is C11H17NO3. The molecule has 0 spiro atoms. The van der Waals surface area contributed by atoms with Crippen LogP contribution in [0.4, 0.5) is 0 Å². The number of hydrogen-bond donors (Lipinski definition) is 2. The highest BCUT2D eigenvalue weighted by atomic mass is 16.5. The van der Waals surface area contributed by atoms with E-state index in [1.807, 2.05) is 24.3 Å². The normalized spacial score (nSPS) is 21.5. The lowest BCUT2D eigenvalue weighted by Gasteiger charge is -2.15. The fraction of sp³-hybridized carbons (Fsp3) is 0.455. The Kier molecular flexibility index (Phi) is 5.10. The van der Waals surface area contributed by atoms with E-state index in [-0.39, 0.29) is 19.3 Å². The van der Waals surface area contributed by atoms with Gasteiger partial charge in [-0.15, -0.1) is 0 Å². The van der Waals surface area contributed by atoms with Gasteiger partial charge in [0, 0.05) is 12.1 Å². The second kappa shape index (κ2) is 6.40. The Bertz CT molecular complexity index is 255. The molecule has 0 radical (unpaired) electrons. The second-order valence-electron chi connectivity index (χ2n) is 3.26. The fourth-order valence-electron chi connectivity index (χ4n) is 1.15. The highest BCUT2D eigenvalue weighted by Gasteiger charge is 2.08. The summed E-state index contributed by atoms with van der Waals surface area (Å²) < 4.78 is 10.3. The number of allylic oxidation sites excluding steroid dienone is 3. The van der Waals surface area contributed by atoms with Crippen molar-refractivity contribution < 1.29 is 14.6 Å². The molecule has 1 unspecified atom stereocenters. The molecule has 1 rings (SSSR count). The molecule has 0 aromatic heterocycles. The topological polar surface area (TPSA) is 64.7 Å². The molecule has 15 heavy (non-hydrogen) atoms. The fourth-order valence-corrected chi connectivity index (χ4v) is 1.15. The monoisotopic (exact) mass is 211 g/mol. The van der Waals surface area contributed by atoms with Gasteiger partial charge in [-0.1, -0.05) is 24.3 Å². The van der Waals surface area contributed by atoms with Gasteiger partial charge in [0.25, 0.3) is 0 Å². The van der Waals surface area contributed by atoms with Crippen LogP contribution in [0.1, 0.15) is 0 Å². The van der Waals surface area contributed by atoms with Crippen molar-refractivity contribution in [1.82, 2.24) is 0 Å². The number of ether oxygens (including phenoxy) is 2. The lowest BCUT2D eigenvalue weighted by atomic mass is 10.1. The Morgan fingerprint density at radius 3 is 2.73 bits per heavy atom. The van der Waals surface area contributed by atoms with Crippen LogP contribution in [0.3, 0.4) is 0 Å². The summed E-state index contributed by atoms with van der Waals surface area (Å²) in [6.45, 7) is 0.466. The summed E-state index contributed by atoms with van der Waals surface area (Å²) in [5.41, 5.74) is 6.24. The zero-order chi connectivity index (χ0) is 11.1. The number of rotatable bonds is 5. The molecule has 0 saturated heterocycles. The Morgan fingerprint density at radius 1 is 1.53 bits per heavy atom. The minimum atomic E-state index is -0.595. The molecule has 0 aromatic carbocycles. The van der Waals surface area contributed by atoms with Gasteiger partial charge in [-0.05, 0) is 0 Å². The van der Waals surface area contributed by atoms with Gasteiger partial charge in [-0.25, -0.2) is 0 Å². The Balaban J connectivity index is 2.34. The molecule has 0 bridgehead atoms. The van der Waals surface area contributed by atoms with Crippen molar-refractivity contribution in [2.45, 2.75) is 12.2 Å². The maximum absolute atomic E-state index is 9.20. The molecular weight excluding hydrogens is 194 g/mol. The number of hydrogen-bond acceptors (Lipinski definition) is 4. The van der Waals surface area contributed by atoms with Crippen LogP contribution < -0.4 is 5.73 Å². The number of methoxy groups -OCH3 is 1.